The molecule has 0 aliphatic carbocycles. The van der Waals surface area contributed by atoms with Gasteiger partial charge in [0.05, 0.1) is 32.0 Å². The molecule has 10 heteroatoms. The number of carbonyl (C=O) groups excluding carboxylic acids is 1. The Morgan fingerprint density at radius 1 is 1.31 bits per heavy atom. The lowest BCUT2D eigenvalue weighted by atomic mass is 9.95. The van der Waals surface area contributed by atoms with Crippen LogP contribution in [0.15, 0.2) is 61.9 Å². The Morgan fingerprint density at radius 3 is 2.69 bits per heavy atom. The highest BCUT2D eigenvalue weighted by Crippen LogP contribution is 2.32. The first-order chi connectivity index (χ1) is 17.2. The van der Waals surface area contributed by atoms with E-state index in [2.05, 4.69) is 43.5 Å². The number of carbonyl (C=O) groups is 1. The van der Waals surface area contributed by atoms with Gasteiger partial charge in [-0.3, -0.25) is 9.36 Å². The largest absolute Gasteiger partial charge is 0.477 e. The fourth-order valence-electron chi connectivity index (χ4n) is 3.94. The number of esters is 1. The van der Waals surface area contributed by atoms with Gasteiger partial charge in [0.1, 0.15) is 11.8 Å². The number of benzene rings is 2. The van der Waals surface area contributed by atoms with Gasteiger partial charge in [0.15, 0.2) is 11.4 Å². The van der Waals surface area contributed by atoms with Crippen molar-refractivity contribution < 1.29 is 14.3 Å². The van der Waals surface area contributed by atoms with Gasteiger partial charge in [-0.05, 0) is 67.1 Å². The Bertz CT molecular complexity index is 1600. The maximum absolute atomic E-state index is 13.8. The average Bonchev–Trinajstić information content (AvgIpc) is 3.12. The third kappa shape index (κ3) is 5.19. The molecule has 0 unspecified atom stereocenters. The summed E-state index contributed by atoms with van der Waals surface area (Å²) < 4.78 is 14.6. The Hall–Kier alpha value is -2.75. The summed E-state index contributed by atoms with van der Waals surface area (Å²) in [6.45, 7) is 5.58. The van der Waals surface area contributed by atoms with Gasteiger partial charge in [0.25, 0.3) is 5.56 Å². The molecule has 1 aromatic heterocycles. The third-order valence-corrected chi connectivity index (χ3v) is 7.76. The summed E-state index contributed by atoms with van der Waals surface area (Å²) in [6.07, 6.45) is 1.74. The first kappa shape index (κ1) is 26.3. The summed E-state index contributed by atoms with van der Waals surface area (Å²) in [5, 5.41) is 8.99. The van der Waals surface area contributed by atoms with Gasteiger partial charge in [-0.1, -0.05) is 57.1 Å². The van der Waals surface area contributed by atoms with Crippen LogP contribution in [-0.4, -0.2) is 23.8 Å². The van der Waals surface area contributed by atoms with Crippen LogP contribution in [0.25, 0.3) is 6.08 Å². The van der Waals surface area contributed by atoms with Gasteiger partial charge in [-0.15, -0.1) is 0 Å². The summed E-state index contributed by atoms with van der Waals surface area (Å²) >= 11 is 6.86. The minimum Gasteiger partial charge on any atom is -0.477 e. The van der Waals surface area contributed by atoms with E-state index in [0.717, 1.165) is 19.2 Å². The molecule has 4 rings (SSSR count). The number of fused-ring (bicyclic) bond motifs is 1. The number of hydrogen-bond donors (Lipinski definition) is 0. The number of allylic oxidation sites excluding steroid dienone is 1. The molecule has 1 aliphatic heterocycles. The van der Waals surface area contributed by atoms with Gasteiger partial charge in [-0.2, -0.15) is 5.26 Å². The highest BCUT2D eigenvalue weighted by molar-refractivity contribution is 14.1. The fourth-order valence-corrected chi connectivity index (χ4v) is 6.68. The van der Waals surface area contributed by atoms with Crippen molar-refractivity contribution in [2.24, 2.45) is 4.99 Å². The second kappa shape index (κ2) is 11.1. The predicted octanol–water partition coefficient (Wildman–Crippen LogP) is 4.38. The molecule has 184 valence electrons. The second-order valence-corrected chi connectivity index (χ2v) is 11.1. The van der Waals surface area contributed by atoms with E-state index >= 15 is 0 Å². The molecule has 36 heavy (non-hydrogen) atoms. The van der Waals surface area contributed by atoms with E-state index in [-0.39, 0.29) is 18.8 Å². The molecule has 2 aromatic carbocycles. The van der Waals surface area contributed by atoms with Crippen LogP contribution in [-0.2, 0) is 9.53 Å². The van der Waals surface area contributed by atoms with Crippen molar-refractivity contribution in [3.05, 3.63) is 92.1 Å². The molecule has 0 amide bonds. The summed E-state index contributed by atoms with van der Waals surface area (Å²) in [4.78, 5) is 31.9. The van der Waals surface area contributed by atoms with Crippen LogP contribution in [0.2, 0.25) is 0 Å². The first-order valence-electron chi connectivity index (χ1n) is 11.0. The van der Waals surface area contributed by atoms with Crippen LogP contribution in [0, 0.1) is 21.8 Å². The minimum absolute atomic E-state index is 0.116. The lowest BCUT2D eigenvalue weighted by Gasteiger charge is -2.24. The Balaban J connectivity index is 1.96. The van der Waals surface area contributed by atoms with Gasteiger partial charge in [0, 0.05) is 10.0 Å². The highest BCUT2D eigenvalue weighted by Gasteiger charge is 2.33. The molecule has 1 aliphatic rings. The van der Waals surface area contributed by atoms with E-state index in [1.807, 2.05) is 49.4 Å². The zero-order chi connectivity index (χ0) is 26.0. The summed E-state index contributed by atoms with van der Waals surface area (Å²) in [7, 11) is 0. The van der Waals surface area contributed by atoms with Crippen LogP contribution in [0.3, 0.4) is 0 Å². The maximum atomic E-state index is 13.8. The number of aryl methyl sites for hydroxylation is 1. The SMILES string of the molecule is CCOC(=O)C1=C(C)N=c2s/c(=C\c3cc(Br)cc(I)c3OCC#N)c(=O)n2[C@@H]1c1ccc(C)cc1. The molecule has 0 fully saturated rings. The molecule has 3 aromatic rings. The average molecular weight is 678 g/mol. The molecule has 1 atom stereocenters. The van der Waals surface area contributed by atoms with Crippen LogP contribution < -0.4 is 19.6 Å². The van der Waals surface area contributed by atoms with E-state index in [1.54, 1.807) is 24.5 Å². The number of ether oxygens (including phenoxy) is 2. The highest BCUT2D eigenvalue weighted by atomic mass is 127. The number of nitriles is 1. The summed E-state index contributed by atoms with van der Waals surface area (Å²) in [5.41, 5.74) is 3.10. The van der Waals surface area contributed by atoms with Crippen molar-refractivity contribution in [1.82, 2.24) is 4.57 Å². The van der Waals surface area contributed by atoms with Crippen LogP contribution in [0.1, 0.15) is 36.6 Å². The van der Waals surface area contributed by atoms with Crippen LogP contribution in [0.5, 0.6) is 5.75 Å². The van der Waals surface area contributed by atoms with E-state index in [9.17, 15) is 9.59 Å². The van der Waals surface area contributed by atoms with Crippen LogP contribution in [0.4, 0.5) is 0 Å². The standard InChI is InChI=1S/C26H21BrIN3O4S/c1-4-34-25(33)21-15(3)30-26-31(22(21)16-7-5-14(2)6-8-16)24(32)20(36-26)12-17-11-18(27)13-19(28)23(17)35-10-9-29/h5-8,11-13,22H,4,10H2,1-3H3/b20-12-/t22-/m1/s1. The van der Waals surface area contributed by atoms with Crippen molar-refractivity contribution in [2.75, 3.05) is 13.2 Å². The van der Waals surface area contributed by atoms with Crippen molar-refractivity contribution in [3.63, 3.8) is 0 Å². The molecule has 0 N–H and O–H groups in total. The van der Waals surface area contributed by atoms with Gasteiger partial charge in [0.2, 0.25) is 0 Å². The maximum Gasteiger partial charge on any atom is 0.338 e. The zero-order valence-electron chi connectivity index (χ0n) is 19.7. The number of halogens is 2. The van der Waals surface area contributed by atoms with Crippen molar-refractivity contribution in [1.29, 1.82) is 5.26 Å². The smallest absolute Gasteiger partial charge is 0.338 e. The van der Waals surface area contributed by atoms with Crippen LogP contribution >= 0.6 is 49.9 Å². The molecule has 0 bridgehead atoms. The van der Waals surface area contributed by atoms with Gasteiger partial charge in [-0.25, -0.2) is 9.79 Å². The molecule has 0 saturated carbocycles. The number of rotatable bonds is 6. The molecule has 7 nitrogen and oxygen atoms in total. The summed E-state index contributed by atoms with van der Waals surface area (Å²) in [6, 6.07) is 12.8. The monoisotopic (exact) mass is 677 g/mol. The van der Waals surface area contributed by atoms with E-state index in [0.29, 0.717) is 31.9 Å². The normalized spacial score (nSPS) is 15.2. The van der Waals surface area contributed by atoms with E-state index in [4.69, 9.17) is 14.7 Å². The minimum atomic E-state index is -0.667. The molecule has 0 saturated heterocycles. The molecule has 2 heterocycles. The quantitative estimate of drug-likeness (QED) is 0.285. The molecular formula is C26H21BrIN3O4S. The number of nitrogens with zero attached hydrogens (tertiary/aromatic N) is 3. The lowest BCUT2D eigenvalue weighted by molar-refractivity contribution is -0.139. The zero-order valence-corrected chi connectivity index (χ0v) is 24.2. The first-order valence-corrected chi connectivity index (χ1v) is 13.7. The number of thiazole rings is 1. The van der Waals surface area contributed by atoms with Gasteiger partial charge >= 0.3 is 5.97 Å². The van der Waals surface area contributed by atoms with E-state index in [1.165, 1.54) is 11.3 Å². The summed E-state index contributed by atoms with van der Waals surface area (Å²) in [5.74, 6) is 0.0250. The second-order valence-electron chi connectivity index (χ2n) is 7.97. The van der Waals surface area contributed by atoms with Crippen molar-refractivity contribution in [3.8, 4) is 11.8 Å². The number of hydrogen-bond acceptors (Lipinski definition) is 7. The Morgan fingerprint density at radius 2 is 2.03 bits per heavy atom. The molecule has 0 spiro atoms. The lowest BCUT2D eigenvalue weighted by Crippen LogP contribution is -2.39. The third-order valence-electron chi connectivity index (χ3n) is 5.51. The Labute approximate surface area is 233 Å². The predicted molar refractivity (Wildman–Crippen MR) is 150 cm³/mol. The van der Waals surface area contributed by atoms with Gasteiger partial charge < -0.3 is 9.47 Å². The number of aromatic nitrogens is 1. The van der Waals surface area contributed by atoms with Crippen molar-refractivity contribution in [2.45, 2.75) is 26.8 Å². The fraction of sp³-hybridized carbons (Fsp3) is 0.231. The molecular weight excluding hydrogens is 657 g/mol. The van der Waals surface area contributed by atoms with E-state index < -0.39 is 12.0 Å². The molecule has 0 radical (unpaired) electrons. The Kier molecular flexibility index (Phi) is 8.12. The topological polar surface area (TPSA) is 93.7 Å². The van der Waals surface area contributed by atoms with Crippen molar-refractivity contribution >= 4 is 61.9 Å².